The van der Waals surface area contributed by atoms with Crippen LogP contribution in [0, 0.1) is 0 Å². The molecule has 0 aliphatic heterocycles. The Morgan fingerprint density at radius 3 is 3.07 bits per heavy atom. The van der Waals surface area contributed by atoms with Gasteiger partial charge in [0.1, 0.15) is 11.5 Å². The van der Waals surface area contributed by atoms with Crippen LogP contribution >= 0.6 is 11.3 Å². The van der Waals surface area contributed by atoms with Crippen LogP contribution < -0.4 is 0 Å². The Balaban J connectivity index is 1.54. The van der Waals surface area contributed by atoms with E-state index in [1.54, 1.807) is 18.4 Å². The zero-order chi connectivity index (χ0) is 18.2. The SMILES string of the molecule is COCCn1c(-c2c[nH]c(-c3ccc4scnc4c3)n2)nc2c1CCCC2. The number of fused-ring (bicyclic) bond motifs is 2. The van der Waals surface area contributed by atoms with Crippen LogP contribution in [-0.2, 0) is 24.1 Å². The van der Waals surface area contributed by atoms with Gasteiger partial charge in [0.2, 0.25) is 0 Å². The second-order valence-electron chi connectivity index (χ2n) is 6.85. The van der Waals surface area contributed by atoms with Crippen molar-refractivity contribution in [2.45, 2.75) is 32.2 Å². The third-order valence-electron chi connectivity index (χ3n) is 5.16. The topological polar surface area (TPSA) is 68.6 Å². The third-order valence-corrected chi connectivity index (χ3v) is 5.97. The minimum atomic E-state index is 0.674. The van der Waals surface area contributed by atoms with Gasteiger partial charge in [-0.15, -0.1) is 11.3 Å². The molecule has 0 radical (unpaired) electrons. The highest BCUT2D eigenvalue weighted by Gasteiger charge is 2.22. The lowest BCUT2D eigenvalue weighted by atomic mass is 10.0. The smallest absolute Gasteiger partial charge is 0.160 e. The first-order valence-electron chi connectivity index (χ1n) is 9.30. The summed E-state index contributed by atoms with van der Waals surface area (Å²) >= 11 is 1.65. The first-order valence-corrected chi connectivity index (χ1v) is 10.2. The molecule has 0 amide bonds. The molecule has 0 saturated heterocycles. The summed E-state index contributed by atoms with van der Waals surface area (Å²) in [6.07, 6.45) is 6.54. The predicted octanol–water partition coefficient (Wildman–Crippen LogP) is 4.08. The second-order valence-corrected chi connectivity index (χ2v) is 7.74. The van der Waals surface area contributed by atoms with Crippen LogP contribution in [0.4, 0.5) is 0 Å². The van der Waals surface area contributed by atoms with Crippen LogP contribution in [0.3, 0.4) is 0 Å². The number of aryl methyl sites for hydroxylation is 1. The van der Waals surface area contributed by atoms with Gasteiger partial charge in [-0.2, -0.15) is 0 Å². The van der Waals surface area contributed by atoms with Gasteiger partial charge in [0.15, 0.2) is 5.82 Å². The van der Waals surface area contributed by atoms with Gasteiger partial charge in [0.25, 0.3) is 0 Å². The first kappa shape index (κ1) is 16.6. The summed E-state index contributed by atoms with van der Waals surface area (Å²) in [5.41, 5.74) is 7.38. The fraction of sp³-hybridized carbons (Fsp3) is 0.350. The van der Waals surface area contributed by atoms with Gasteiger partial charge >= 0.3 is 0 Å². The van der Waals surface area contributed by atoms with Crippen LogP contribution in [0.25, 0.3) is 33.1 Å². The number of imidazole rings is 2. The molecule has 3 heterocycles. The summed E-state index contributed by atoms with van der Waals surface area (Å²) in [5.74, 6) is 1.79. The summed E-state index contributed by atoms with van der Waals surface area (Å²) in [4.78, 5) is 17.5. The highest BCUT2D eigenvalue weighted by atomic mass is 32.1. The van der Waals surface area contributed by atoms with E-state index in [0.717, 1.165) is 47.8 Å². The number of aromatic amines is 1. The molecule has 27 heavy (non-hydrogen) atoms. The molecule has 4 aromatic rings. The normalized spacial score (nSPS) is 14.0. The molecule has 7 heteroatoms. The van der Waals surface area contributed by atoms with Crippen molar-refractivity contribution in [2.75, 3.05) is 13.7 Å². The van der Waals surface area contributed by atoms with Gasteiger partial charge < -0.3 is 14.3 Å². The van der Waals surface area contributed by atoms with Gasteiger partial charge in [-0.25, -0.2) is 15.0 Å². The molecule has 3 aromatic heterocycles. The monoisotopic (exact) mass is 379 g/mol. The Morgan fingerprint density at radius 1 is 1.22 bits per heavy atom. The lowest BCUT2D eigenvalue weighted by molar-refractivity contribution is 0.186. The van der Waals surface area contributed by atoms with Crippen LogP contribution in [0.5, 0.6) is 0 Å². The summed E-state index contributed by atoms with van der Waals surface area (Å²) in [5, 5.41) is 0. The number of nitrogens with one attached hydrogen (secondary N) is 1. The van der Waals surface area contributed by atoms with E-state index in [9.17, 15) is 0 Å². The maximum absolute atomic E-state index is 5.32. The Bertz CT molecular complexity index is 1090. The molecule has 1 aliphatic carbocycles. The van der Waals surface area contributed by atoms with Crippen molar-refractivity contribution < 1.29 is 4.74 Å². The number of H-pyrrole nitrogens is 1. The largest absolute Gasteiger partial charge is 0.383 e. The zero-order valence-corrected chi connectivity index (χ0v) is 16.1. The van der Waals surface area contributed by atoms with Gasteiger partial charge in [-0.1, -0.05) is 0 Å². The standard InChI is InChI=1S/C20H21N5OS/c1-26-9-8-25-17-5-3-2-4-14(17)24-20(25)16-11-21-19(23-16)13-6-7-18-15(10-13)22-12-27-18/h6-7,10-12H,2-5,8-9H2,1H3,(H,21,23). The van der Waals surface area contributed by atoms with Crippen LogP contribution in [0.15, 0.2) is 29.9 Å². The molecule has 0 saturated carbocycles. The number of benzene rings is 1. The molecule has 0 bridgehead atoms. The van der Waals surface area contributed by atoms with E-state index in [0.29, 0.717) is 6.61 Å². The average Bonchev–Trinajstić information content (AvgIpc) is 3.43. The molecule has 0 fully saturated rings. The number of rotatable bonds is 5. The number of aromatic nitrogens is 5. The van der Waals surface area contributed by atoms with Crippen molar-refractivity contribution in [1.82, 2.24) is 24.5 Å². The number of hydrogen-bond acceptors (Lipinski definition) is 5. The summed E-state index contributed by atoms with van der Waals surface area (Å²) < 4.78 is 8.80. The number of thiazole rings is 1. The minimum Gasteiger partial charge on any atom is -0.383 e. The average molecular weight is 379 g/mol. The molecular formula is C20H21N5OS. The van der Waals surface area contributed by atoms with Crippen LogP contribution in [0.2, 0.25) is 0 Å². The second kappa shape index (κ2) is 6.90. The highest BCUT2D eigenvalue weighted by molar-refractivity contribution is 7.16. The van der Waals surface area contributed by atoms with E-state index in [4.69, 9.17) is 14.7 Å². The van der Waals surface area contributed by atoms with Crippen LogP contribution in [0.1, 0.15) is 24.2 Å². The van der Waals surface area contributed by atoms with Crippen molar-refractivity contribution in [3.05, 3.63) is 41.3 Å². The number of hydrogen-bond donors (Lipinski definition) is 1. The first-order chi connectivity index (χ1) is 13.3. The molecule has 0 unspecified atom stereocenters. The Labute approximate surface area is 161 Å². The molecule has 1 aromatic carbocycles. The quantitative estimate of drug-likeness (QED) is 0.567. The van der Waals surface area contributed by atoms with Gasteiger partial charge in [0.05, 0.1) is 28.0 Å². The summed E-state index contributed by atoms with van der Waals surface area (Å²) in [7, 11) is 1.74. The minimum absolute atomic E-state index is 0.674. The maximum atomic E-state index is 5.32. The maximum Gasteiger partial charge on any atom is 0.160 e. The molecule has 0 spiro atoms. The Hall–Kier alpha value is -2.51. The van der Waals surface area contributed by atoms with Gasteiger partial charge in [0, 0.05) is 31.1 Å². The molecule has 5 rings (SSSR count). The summed E-state index contributed by atoms with van der Waals surface area (Å²) in [6, 6.07) is 6.27. The van der Waals surface area contributed by atoms with Gasteiger partial charge in [-0.05, 0) is 43.9 Å². The Kier molecular flexibility index (Phi) is 4.26. The van der Waals surface area contributed by atoms with Gasteiger partial charge in [-0.3, -0.25) is 0 Å². The van der Waals surface area contributed by atoms with E-state index in [1.807, 2.05) is 11.7 Å². The zero-order valence-electron chi connectivity index (χ0n) is 15.2. The number of ether oxygens (including phenoxy) is 1. The molecule has 6 nitrogen and oxygen atoms in total. The summed E-state index contributed by atoms with van der Waals surface area (Å²) in [6.45, 7) is 1.48. The molecular weight excluding hydrogens is 358 g/mol. The fourth-order valence-electron chi connectivity index (χ4n) is 3.81. The molecule has 1 N–H and O–H groups in total. The van der Waals surface area contributed by atoms with Crippen molar-refractivity contribution in [1.29, 1.82) is 0 Å². The molecule has 1 aliphatic rings. The number of methoxy groups -OCH3 is 1. The third kappa shape index (κ3) is 2.96. The molecule has 138 valence electrons. The van der Waals surface area contributed by atoms with Crippen molar-refractivity contribution in [2.24, 2.45) is 0 Å². The molecule has 0 atom stereocenters. The van der Waals surface area contributed by atoms with Crippen molar-refractivity contribution in [3.63, 3.8) is 0 Å². The van der Waals surface area contributed by atoms with Crippen molar-refractivity contribution in [3.8, 4) is 22.9 Å². The van der Waals surface area contributed by atoms with Crippen LogP contribution in [-0.4, -0.2) is 38.2 Å². The fourth-order valence-corrected chi connectivity index (χ4v) is 4.47. The van der Waals surface area contributed by atoms with E-state index in [2.05, 4.69) is 32.7 Å². The van der Waals surface area contributed by atoms with E-state index < -0.39 is 0 Å². The lowest BCUT2D eigenvalue weighted by Crippen LogP contribution is -2.12. The lowest BCUT2D eigenvalue weighted by Gasteiger charge is -2.14. The van der Waals surface area contributed by atoms with E-state index >= 15 is 0 Å². The number of nitrogens with zero attached hydrogens (tertiary/aromatic N) is 4. The van der Waals surface area contributed by atoms with E-state index in [1.165, 1.54) is 28.9 Å². The Morgan fingerprint density at radius 2 is 2.15 bits per heavy atom. The predicted molar refractivity (Wildman–Crippen MR) is 107 cm³/mol. The van der Waals surface area contributed by atoms with E-state index in [-0.39, 0.29) is 0 Å². The highest BCUT2D eigenvalue weighted by Crippen LogP contribution is 2.29. The van der Waals surface area contributed by atoms with Crippen molar-refractivity contribution >= 4 is 21.6 Å².